The van der Waals surface area contributed by atoms with Gasteiger partial charge in [0.2, 0.25) is 5.69 Å². The van der Waals surface area contributed by atoms with E-state index < -0.39 is 0 Å². The molecule has 1 aliphatic carbocycles. The smallest absolute Gasteiger partial charge is 0.221 e. The van der Waals surface area contributed by atoms with Crippen molar-refractivity contribution in [3.8, 4) is 55.8 Å². The highest BCUT2D eigenvalue weighted by molar-refractivity contribution is 6.09. The Morgan fingerprint density at radius 3 is 1.69 bits per heavy atom. The summed E-state index contributed by atoms with van der Waals surface area (Å²) in [5.41, 5.74) is 15.4. The lowest BCUT2D eigenvalue weighted by molar-refractivity contribution is -0.659. The summed E-state index contributed by atoms with van der Waals surface area (Å²) in [5.74, 6) is 0. The van der Waals surface area contributed by atoms with Crippen LogP contribution in [0.25, 0.3) is 77.7 Å². The van der Waals surface area contributed by atoms with E-state index in [9.17, 15) is 0 Å². The molecule has 0 saturated carbocycles. The summed E-state index contributed by atoms with van der Waals surface area (Å²) in [4.78, 5) is 0. The second-order valence-corrected chi connectivity index (χ2v) is 10.5. The van der Waals surface area contributed by atoms with E-state index in [-0.39, 0.29) is 0 Å². The van der Waals surface area contributed by atoms with Crippen molar-refractivity contribution in [3.63, 3.8) is 0 Å². The number of hydrogen-bond acceptors (Lipinski definition) is 1. The Balaban J connectivity index is 1.53. The SMILES string of the molecule is Cc1cc2c(cc1-c1c3c(cc[n+]1C)-c1ccccc1-c1ccccc1-c1ccccc1-3)oc1ccccc12. The third-order valence-electron chi connectivity index (χ3n) is 8.22. The topological polar surface area (TPSA) is 17.0 Å². The number of benzene rings is 5. The van der Waals surface area contributed by atoms with Gasteiger partial charge in [-0.15, -0.1) is 0 Å². The molecular weight excluding hydrogens is 474 g/mol. The van der Waals surface area contributed by atoms with Crippen molar-refractivity contribution in [1.82, 2.24) is 0 Å². The number of fused-ring (bicyclic) bond motifs is 11. The number of aromatic nitrogens is 1. The molecule has 0 amide bonds. The molecule has 8 rings (SSSR count). The highest BCUT2D eigenvalue weighted by atomic mass is 16.3. The van der Waals surface area contributed by atoms with Crippen LogP contribution in [0.15, 0.2) is 126 Å². The molecule has 0 aliphatic heterocycles. The van der Waals surface area contributed by atoms with E-state index in [1.165, 1.54) is 61.3 Å². The number of para-hydroxylation sites is 1. The highest BCUT2D eigenvalue weighted by Gasteiger charge is 2.29. The molecule has 2 aromatic heterocycles. The second-order valence-electron chi connectivity index (χ2n) is 10.5. The number of hydrogen-bond donors (Lipinski definition) is 0. The predicted molar refractivity (Wildman–Crippen MR) is 160 cm³/mol. The van der Waals surface area contributed by atoms with Crippen molar-refractivity contribution in [2.75, 3.05) is 0 Å². The maximum atomic E-state index is 6.36. The van der Waals surface area contributed by atoms with Crippen molar-refractivity contribution in [1.29, 1.82) is 0 Å². The Kier molecular flexibility index (Phi) is 4.68. The fourth-order valence-corrected chi connectivity index (χ4v) is 6.45. The van der Waals surface area contributed by atoms with E-state index in [2.05, 4.69) is 128 Å². The highest BCUT2D eigenvalue weighted by Crippen LogP contribution is 2.50. The van der Waals surface area contributed by atoms with E-state index >= 15 is 0 Å². The molecule has 184 valence electrons. The van der Waals surface area contributed by atoms with Gasteiger partial charge in [0, 0.05) is 22.4 Å². The van der Waals surface area contributed by atoms with Crippen molar-refractivity contribution < 1.29 is 8.98 Å². The summed E-state index contributed by atoms with van der Waals surface area (Å²) in [6, 6.07) is 41.5. The quantitative estimate of drug-likeness (QED) is 0.205. The summed E-state index contributed by atoms with van der Waals surface area (Å²) in [6.07, 6.45) is 2.20. The standard InChI is InChI=1S/C37H26NO/c1-23-21-33-29-16-9-10-18-34(29)39-35(33)22-32(23)37-36-30-17-8-7-14-27(30)25-12-4-3-11-24(25)26-13-5-6-15-28(26)31(36)19-20-38(37)2/h3-22H,1-2H3/q+1. The molecule has 0 saturated heterocycles. The zero-order chi connectivity index (χ0) is 26.1. The summed E-state index contributed by atoms with van der Waals surface area (Å²) in [6.45, 7) is 2.22. The molecule has 2 nitrogen and oxygen atoms in total. The van der Waals surface area contributed by atoms with Crippen LogP contribution in [0, 0.1) is 6.92 Å². The molecule has 7 aromatic rings. The fraction of sp³-hybridized carbons (Fsp3) is 0.0541. The van der Waals surface area contributed by atoms with Crippen LogP contribution in [-0.2, 0) is 7.05 Å². The molecule has 0 bridgehead atoms. The van der Waals surface area contributed by atoms with Crippen LogP contribution in [0.3, 0.4) is 0 Å². The first-order valence-corrected chi connectivity index (χ1v) is 13.4. The molecule has 39 heavy (non-hydrogen) atoms. The van der Waals surface area contributed by atoms with E-state index in [1.807, 2.05) is 12.1 Å². The minimum atomic E-state index is 0.916. The molecule has 1 aliphatic rings. The average Bonchev–Trinajstić information content (AvgIpc) is 3.33. The lowest BCUT2D eigenvalue weighted by Crippen LogP contribution is -2.31. The first-order valence-electron chi connectivity index (χ1n) is 13.4. The van der Waals surface area contributed by atoms with Crippen molar-refractivity contribution in [2.24, 2.45) is 7.05 Å². The molecule has 0 N–H and O–H groups in total. The largest absolute Gasteiger partial charge is 0.456 e. The Bertz CT molecular complexity index is 2090. The van der Waals surface area contributed by atoms with Gasteiger partial charge in [-0.05, 0) is 64.1 Å². The first kappa shape index (κ1) is 22.1. The fourth-order valence-electron chi connectivity index (χ4n) is 6.45. The zero-order valence-corrected chi connectivity index (χ0v) is 21.9. The van der Waals surface area contributed by atoms with Gasteiger partial charge in [0.15, 0.2) is 6.20 Å². The Morgan fingerprint density at radius 2 is 1.03 bits per heavy atom. The summed E-state index contributed by atoms with van der Waals surface area (Å²) in [7, 11) is 2.15. The Morgan fingerprint density at radius 1 is 0.487 bits per heavy atom. The van der Waals surface area contributed by atoms with Crippen molar-refractivity contribution in [3.05, 3.63) is 127 Å². The van der Waals surface area contributed by atoms with Crippen LogP contribution in [0.1, 0.15) is 5.56 Å². The van der Waals surface area contributed by atoms with Crippen LogP contribution in [-0.4, -0.2) is 0 Å². The van der Waals surface area contributed by atoms with Gasteiger partial charge >= 0.3 is 0 Å². The summed E-state index contributed by atoms with van der Waals surface area (Å²) >= 11 is 0. The third-order valence-corrected chi connectivity index (χ3v) is 8.22. The summed E-state index contributed by atoms with van der Waals surface area (Å²) in [5, 5.41) is 2.32. The third kappa shape index (κ3) is 3.18. The van der Waals surface area contributed by atoms with Crippen molar-refractivity contribution >= 4 is 21.9 Å². The van der Waals surface area contributed by atoms with E-state index in [0.717, 1.165) is 21.9 Å². The molecule has 5 aromatic carbocycles. The van der Waals surface area contributed by atoms with Crippen LogP contribution < -0.4 is 4.57 Å². The molecule has 2 heterocycles. The number of aryl methyl sites for hydroxylation is 2. The average molecular weight is 501 g/mol. The van der Waals surface area contributed by atoms with E-state index in [1.54, 1.807) is 0 Å². The predicted octanol–water partition coefficient (Wildman–Crippen LogP) is 9.37. The number of rotatable bonds is 1. The Hall–Kier alpha value is -4.95. The van der Waals surface area contributed by atoms with Gasteiger partial charge < -0.3 is 4.42 Å². The lowest BCUT2D eigenvalue weighted by atomic mass is 9.79. The van der Waals surface area contributed by atoms with Crippen LogP contribution in [0.4, 0.5) is 0 Å². The zero-order valence-electron chi connectivity index (χ0n) is 21.9. The van der Waals surface area contributed by atoms with Gasteiger partial charge in [-0.3, -0.25) is 0 Å². The molecule has 0 atom stereocenters. The number of furan rings is 1. The second kappa shape index (κ2) is 8.28. The van der Waals surface area contributed by atoms with Crippen LogP contribution in [0.2, 0.25) is 0 Å². The van der Waals surface area contributed by atoms with Gasteiger partial charge in [0.25, 0.3) is 0 Å². The number of nitrogens with zero attached hydrogens (tertiary/aromatic N) is 1. The van der Waals surface area contributed by atoms with Crippen molar-refractivity contribution in [2.45, 2.75) is 6.92 Å². The van der Waals surface area contributed by atoms with E-state index in [4.69, 9.17) is 4.42 Å². The monoisotopic (exact) mass is 500 g/mol. The Labute approximate surface area is 227 Å². The van der Waals surface area contributed by atoms with Gasteiger partial charge in [-0.1, -0.05) is 91.0 Å². The lowest BCUT2D eigenvalue weighted by Gasteiger charge is -2.23. The normalized spacial score (nSPS) is 11.8. The van der Waals surface area contributed by atoms with E-state index in [0.29, 0.717) is 0 Å². The maximum absolute atomic E-state index is 6.36. The van der Waals surface area contributed by atoms with Crippen LogP contribution in [0.5, 0.6) is 0 Å². The molecule has 0 unspecified atom stereocenters. The molecule has 0 fully saturated rings. The first-order chi connectivity index (χ1) is 19.2. The minimum absolute atomic E-state index is 0.916. The van der Waals surface area contributed by atoms with Gasteiger partial charge in [0.1, 0.15) is 18.2 Å². The minimum Gasteiger partial charge on any atom is -0.456 e. The van der Waals surface area contributed by atoms with Crippen LogP contribution >= 0.6 is 0 Å². The molecule has 0 radical (unpaired) electrons. The van der Waals surface area contributed by atoms with Gasteiger partial charge in [-0.2, -0.15) is 0 Å². The maximum Gasteiger partial charge on any atom is 0.221 e. The number of pyridine rings is 1. The van der Waals surface area contributed by atoms with Gasteiger partial charge in [0.05, 0.1) is 11.1 Å². The summed E-state index contributed by atoms with van der Waals surface area (Å²) < 4.78 is 8.63. The molecule has 2 heteroatoms. The molecule has 0 spiro atoms. The van der Waals surface area contributed by atoms with Gasteiger partial charge in [-0.25, -0.2) is 4.57 Å². The molecular formula is C37H26NO+.